The summed E-state index contributed by atoms with van der Waals surface area (Å²) < 4.78 is 5.12. The monoisotopic (exact) mass is 258 g/mol. The lowest BCUT2D eigenvalue weighted by molar-refractivity contribution is 0.0527. The Bertz CT molecular complexity index is 499. The molecule has 2 rings (SSSR count). The molecule has 0 N–H and O–H groups in total. The second kappa shape index (κ2) is 6.24. The maximum absolute atomic E-state index is 12.1. The molecule has 0 amide bonds. The van der Waals surface area contributed by atoms with Gasteiger partial charge in [0.15, 0.2) is 0 Å². The van der Waals surface area contributed by atoms with Crippen LogP contribution in [0.5, 0.6) is 0 Å². The Morgan fingerprint density at radius 1 is 1.42 bits per heavy atom. The van der Waals surface area contributed by atoms with E-state index in [4.69, 9.17) is 11.3 Å². The Morgan fingerprint density at radius 2 is 2.16 bits per heavy atom. The minimum Gasteiger partial charge on any atom is -0.462 e. The van der Waals surface area contributed by atoms with Crippen molar-refractivity contribution in [3.63, 3.8) is 0 Å². The fourth-order valence-corrected chi connectivity index (χ4v) is 2.38. The second-order valence-corrected chi connectivity index (χ2v) is 4.58. The summed E-state index contributed by atoms with van der Waals surface area (Å²) in [4.78, 5) is 17.6. The summed E-state index contributed by atoms with van der Waals surface area (Å²) in [7, 11) is 0. The molecule has 100 valence electrons. The van der Waals surface area contributed by atoms with Gasteiger partial charge in [0.2, 0.25) is 6.54 Å². The van der Waals surface area contributed by atoms with E-state index in [1.54, 1.807) is 13.0 Å². The molecule has 1 aromatic carbocycles. The highest BCUT2D eigenvalue weighted by Gasteiger charge is 2.21. The predicted molar refractivity (Wildman–Crippen MR) is 74.2 cm³/mol. The van der Waals surface area contributed by atoms with Crippen LogP contribution in [0.25, 0.3) is 4.85 Å². The van der Waals surface area contributed by atoms with E-state index in [0.29, 0.717) is 18.7 Å². The van der Waals surface area contributed by atoms with Gasteiger partial charge in [-0.05, 0) is 38.0 Å². The molecule has 1 heterocycles. The Labute approximate surface area is 113 Å². The van der Waals surface area contributed by atoms with E-state index in [9.17, 15) is 4.79 Å². The fourth-order valence-electron chi connectivity index (χ4n) is 2.38. The van der Waals surface area contributed by atoms with Crippen LogP contribution in [0.15, 0.2) is 18.2 Å². The number of hydrogen-bond acceptors (Lipinski definition) is 3. The van der Waals surface area contributed by atoms with Crippen molar-refractivity contribution < 1.29 is 9.53 Å². The maximum atomic E-state index is 12.1. The van der Waals surface area contributed by atoms with Gasteiger partial charge in [-0.2, -0.15) is 0 Å². The average Bonchev–Trinajstić information content (AvgIpc) is 2.93. The highest BCUT2D eigenvalue weighted by molar-refractivity contribution is 5.96. The average molecular weight is 258 g/mol. The molecular weight excluding hydrogens is 240 g/mol. The molecule has 1 saturated heterocycles. The first-order chi connectivity index (χ1) is 9.26. The topological polar surface area (TPSA) is 33.9 Å². The summed E-state index contributed by atoms with van der Waals surface area (Å²) in [5.74, 6) is -0.295. The normalized spacial score (nSPS) is 14.2. The number of hydrogen-bond donors (Lipinski definition) is 0. The number of ether oxygens (including phenoxy) is 1. The van der Waals surface area contributed by atoms with Gasteiger partial charge < -0.3 is 14.5 Å². The Hall–Kier alpha value is -2.02. The molecule has 0 atom stereocenters. The minimum atomic E-state index is -0.295. The van der Waals surface area contributed by atoms with E-state index < -0.39 is 0 Å². The van der Waals surface area contributed by atoms with Gasteiger partial charge in [0.05, 0.1) is 17.9 Å². The number of carbonyl (C=O) groups excluding carboxylic acids is 1. The largest absolute Gasteiger partial charge is 0.462 e. The minimum absolute atomic E-state index is 0.295. The zero-order chi connectivity index (χ0) is 13.7. The second-order valence-electron chi connectivity index (χ2n) is 4.58. The number of benzene rings is 1. The lowest BCUT2D eigenvalue weighted by atomic mass is 10.1. The molecule has 0 bridgehead atoms. The molecule has 0 aliphatic carbocycles. The molecule has 1 aliphatic heterocycles. The lowest BCUT2D eigenvalue weighted by Gasteiger charge is -2.20. The molecule has 0 saturated carbocycles. The summed E-state index contributed by atoms with van der Waals surface area (Å²) in [6.45, 7) is 11.3. The van der Waals surface area contributed by atoms with E-state index >= 15 is 0 Å². The molecule has 4 heteroatoms. The van der Waals surface area contributed by atoms with Crippen LogP contribution in [0.1, 0.15) is 35.7 Å². The van der Waals surface area contributed by atoms with Crippen LogP contribution >= 0.6 is 0 Å². The Morgan fingerprint density at radius 3 is 2.79 bits per heavy atom. The SMILES string of the molecule is [C-]#[N+]Cc1ccc(N2CCCC2)c(C(=O)OCC)c1. The van der Waals surface area contributed by atoms with Crippen molar-refractivity contribution >= 4 is 11.7 Å². The molecule has 0 unspecified atom stereocenters. The van der Waals surface area contributed by atoms with Crippen molar-refractivity contribution in [2.24, 2.45) is 0 Å². The van der Waals surface area contributed by atoms with Crippen molar-refractivity contribution in [2.75, 3.05) is 24.6 Å². The van der Waals surface area contributed by atoms with Crippen LogP contribution in [0.4, 0.5) is 5.69 Å². The van der Waals surface area contributed by atoms with E-state index in [-0.39, 0.29) is 5.97 Å². The highest BCUT2D eigenvalue weighted by atomic mass is 16.5. The molecule has 19 heavy (non-hydrogen) atoms. The van der Waals surface area contributed by atoms with Crippen molar-refractivity contribution in [3.8, 4) is 0 Å². The van der Waals surface area contributed by atoms with Crippen LogP contribution in [-0.2, 0) is 11.3 Å². The van der Waals surface area contributed by atoms with Crippen LogP contribution in [0.2, 0.25) is 0 Å². The van der Waals surface area contributed by atoms with Gasteiger partial charge in [-0.1, -0.05) is 0 Å². The van der Waals surface area contributed by atoms with E-state index in [1.165, 1.54) is 0 Å². The van der Waals surface area contributed by atoms with Gasteiger partial charge in [-0.15, -0.1) is 0 Å². The molecule has 0 radical (unpaired) electrons. The summed E-state index contributed by atoms with van der Waals surface area (Å²) in [5.41, 5.74) is 2.38. The fraction of sp³-hybridized carbons (Fsp3) is 0.467. The standard InChI is InChI=1S/C15H18N2O2/c1-3-19-15(18)13-10-12(11-16-2)6-7-14(13)17-8-4-5-9-17/h6-7,10H,3-5,8-9,11H2,1H3. The quantitative estimate of drug-likeness (QED) is 0.615. The molecule has 1 aliphatic rings. The third-order valence-electron chi connectivity index (χ3n) is 3.26. The molecule has 1 fully saturated rings. The molecule has 0 spiro atoms. The molecular formula is C15H18N2O2. The van der Waals surface area contributed by atoms with E-state index in [0.717, 1.165) is 37.2 Å². The molecule has 0 aromatic heterocycles. The first-order valence-electron chi connectivity index (χ1n) is 6.64. The van der Waals surface area contributed by atoms with Crippen molar-refractivity contribution in [1.29, 1.82) is 0 Å². The van der Waals surface area contributed by atoms with Crippen LogP contribution in [0, 0.1) is 6.57 Å². The number of anilines is 1. The summed E-state index contributed by atoms with van der Waals surface area (Å²) in [6, 6.07) is 5.66. The van der Waals surface area contributed by atoms with Crippen LogP contribution in [0.3, 0.4) is 0 Å². The molecule has 1 aromatic rings. The zero-order valence-corrected chi connectivity index (χ0v) is 11.2. The van der Waals surface area contributed by atoms with Gasteiger partial charge in [0, 0.05) is 18.7 Å². The number of nitrogens with zero attached hydrogens (tertiary/aromatic N) is 2. The number of esters is 1. The van der Waals surface area contributed by atoms with Gasteiger partial charge in [0.1, 0.15) is 0 Å². The Kier molecular flexibility index (Phi) is 4.40. The van der Waals surface area contributed by atoms with Gasteiger partial charge in [-0.25, -0.2) is 11.4 Å². The highest BCUT2D eigenvalue weighted by Crippen LogP contribution is 2.26. The van der Waals surface area contributed by atoms with Gasteiger partial charge in [0.25, 0.3) is 0 Å². The van der Waals surface area contributed by atoms with Crippen molar-refractivity contribution in [3.05, 3.63) is 40.7 Å². The summed E-state index contributed by atoms with van der Waals surface area (Å²) in [6.07, 6.45) is 2.32. The van der Waals surface area contributed by atoms with Crippen molar-refractivity contribution in [1.82, 2.24) is 0 Å². The zero-order valence-electron chi connectivity index (χ0n) is 11.2. The smallest absolute Gasteiger partial charge is 0.340 e. The van der Waals surface area contributed by atoms with E-state index in [1.807, 2.05) is 12.1 Å². The third-order valence-corrected chi connectivity index (χ3v) is 3.26. The van der Waals surface area contributed by atoms with E-state index in [2.05, 4.69) is 9.74 Å². The van der Waals surface area contributed by atoms with Gasteiger partial charge in [-0.3, -0.25) is 0 Å². The number of rotatable bonds is 4. The Balaban J connectivity index is 2.35. The van der Waals surface area contributed by atoms with Crippen LogP contribution in [-0.4, -0.2) is 25.7 Å². The maximum Gasteiger partial charge on any atom is 0.340 e. The lowest BCUT2D eigenvalue weighted by Crippen LogP contribution is -2.21. The summed E-state index contributed by atoms with van der Waals surface area (Å²) in [5, 5.41) is 0. The molecule has 4 nitrogen and oxygen atoms in total. The summed E-state index contributed by atoms with van der Waals surface area (Å²) >= 11 is 0. The first-order valence-corrected chi connectivity index (χ1v) is 6.64. The predicted octanol–water partition coefficient (Wildman–Crippen LogP) is 2.88. The first kappa shape index (κ1) is 13.4. The van der Waals surface area contributed by atoms with Crippen molar-refractivity contribution in [2.45, 2.75) is 26.3 Å². The van der Waals surface area contributed by atoms with Gasteiger partial charge >= 0.3 is 5.97 Å². The van der Waals surface area contributed by atoms with Crippen LogP contribution < -0.4 is 4.90 Å². The number of carbonyl (C=O) groups is 1. The third kappa shape index (κ3) is 3.05.